The fourth-order valence-electron chi connectivity index (χ4n) is 1.28. The van der Waals surface area contributed by atoms with Crippen molar-refractivity contribution in [3.05, 3.63) is 22.7 Å². The normalized spacial score (nSPS) is 13.3. The van der Waals surface area contributed by atoms with Crippen LogP contribution in [0.15, 0.2) is 12.1 Å². The van der Waals surface area contributed by atoms with Gasteiger partial charge in [-0.3, -0.25) is 0 Å². The van der Waals surface area contributed by atoms with Gasteiger partial charge in [0.15, 0.2) is 11.5 Å². The smallest absolute Gasteiger partial charge is 0.231 e. The van der Waals surface area contributed by atoms with Crippen LogP contribution in [-0.4, -0.2) is 13.4 Å². The molecule has 14 heavy (non-hydrogen) atoms. The molecule has 1 heterocycles. The first-order valence-corrected chi connectivity index (χ1v) is 4.85. The van der Waals surface area contributed by atoms with E-state index in [4.69, 9.17) is 25.8 Å². The first kappa shape index (κ1) is 9.62. The molecule has 0 radical (unpaired) electrons. The zero-order chi connectivity index (χ0) is 9.97. The molecule has 0 spiro atoms. The second kappa shape index (κ2) is 4.07. The van der Waals surface area contributed by atoms with E-state index in [-0.39, 0.29) is 6.79 Å². The van der Waals surface area contributed by atoms with Gasteiger partial charge in [0.1, 0.15) is 0 Å². The standard InChI is InChI=1S/C10H11ClO3/c1-2-12-5-7-3-9-10(4-8(7)11)14-6-13-9/h3-4H,2,5-6H2,1H3. The van der Waals surface area contributed by atoms with Crippen molar-refractivity contribution in [2.45, 2.75) is 13.5 Å². The van der Waals surface area contributed by atoms with Crippen LogP contribution in [0, 0.1) is 0 Å². The van der Waals surface area contributed by atoms with Gasteiger partial charge in [-0.15, -0.1) is 0 Å². The third-order valence-corrected chi connectivity index (χ3v) is 2.36. The Morgan fingerprint density at radius 3 is 2.79 bits per heavy atom. The Morgan fingerprint density at radius 1 is 1.36 bits per heavy atom. The Morgan fingerprint density at radius 2 is 2.07 bits per heavy atom. The van der Waals surface area contributed by atoms with Gasteiger partial charge in [0.2, 0.25) is 6.79 Å². The maximum absolute atomic E-state index is 6.03. The van der Waals surface area contributed by atoms with Gasteiger partial charge in [-0.1, -0.05) is 11.6 Å². The monoisotopic (exact) mass is 214 g/mol. The van der Waals surface area contributed by atoms with Crippen molar-refractivity contribution in [2.24, 2.45) is 0 Å². The highest BCUT2D eigenvalue weighted by Crippen LogP contribution is 2.36. The summed E-state index contributed by atoms with van der Waals surface area (Å²) >= 11 is 6.03. The molecule has 0 amide bonds. The highest BCUT2D eigenvalue weighted by molar-refractivity contribution is 6.31. The van der Waals surface area contributed by atoms with Gasteiger partial charge in [-0.25, -0.2) is 0 Å². The fraction of sp³-hybridized carbons (Fsp3) is 0.400. The van der Waals surface area contributed by atoms with Crippen molar-refractivity contribution in [1.82, 2.24) is 0 Å². The van der Waals surface area contributed by atoms with Crippen LogP contribution in [0.4, 0.5) is 0 Å². The summed E-state index contributed by atoms with van der Waals surface area (Å²) in [5.74, 6) is 1.44. The van der Waals surface area contributed by atoms with Gasteiger partial charge in [0.05, 0.1) is 11.6 Å². The summed E-state index contributed by atoms with van der Waals surface area (Å²) in [6.07, 6.45) is 0. The zero-order valence-electron chi connectivity index (χ0n) is 7.88. The quantitative estimate of drug-likeness (QED) is 0.774. The lowest BCUT2D eigenvalue weighted by Crippen LogP contribution is -1.93. The molecular formula is C10H11ClO3. The van der Waals surface area contributed by atoms with Crippen LogP contribution in [0.25, 0.3) is 0 Å². The number of rotatable bonds is 3. The van der Waals surface area contributed by atoms with Crippen molar-refractivity contribution >= 4 is 11.6 Å². The number of benzene rings is 1. The summed E-state index contributed by atoms with van der Waals surface area (Å²) in [4.78, 5) is 0. The lowest BCUT2D eigenvalue weighted by Gasteiger charge is -2.05. The molecule has 0 N–H and O–H groups in total. The molecule has 0 atom stereocenters. The highest BCUT2D eigenvalue weighted by Gasteiger charge is 2.16. The molecule has 0 aliphatic carbocycles. The van der Waals surface area contributed by atoms with E-state index in [2.05, 4.69) is 0 Å². The molecule has 0 fully saturated rings. The lowest BCUT2D eigenvalue weighted by atomic mass is 10.2. The number of fused-ring (bicyclic) bond motifs is 1. The molecule has 3 nitrogen and oxygen atoms in total. The molecule has 76 valence electrons. The van der Waals surface area contributed by atoms with Crippen LogP contribution < -0.4 is 9.47 Å². The van der Waals surface area contributed by atoms with Gasteiger partial charge >= 0.3 is 0 Å². The minimum Gasteiger partial charge on any atom is -0.454 e. The summed E-state index contributed by atoms with van der Waals surface area (Å²) in [6.45, 7) is 3.39. The average Bonchev–Trinajstić information content (AvgIpc) is 2.61. The van der Waals surface area contributed by atoms with Crippen LogP contribution in [0.1, 0.15) is 12.5 Å². The number of halogens is 1. The van der Waals surface area contributed by atoms with Crippen molar-refractivity contribution in [2.75, 3.05) is 13.4 Å². The molecule has 0 aromatic heterocycles. The fourth-order valence-corrected chi connectivity index (χ4v) is 1.49. The molecule has 1 aliphatic heterocycles. The van der Waals surface area contributed by atoms with Crippen LogP contribution in [-0.2, 0) is 11.3 Å². The Kier molecular flexibility index (Phi) is 2.79. The van der Waals surface area contributed by atoms with E-state index >= 15 is 0 Å². The number of hydrogen-bond acceptors (Lipinski definition) is 3. The minimum atomic E-state index is 0.268. The first-order chi connectivity index (χ1) is 6.81. The maximum Gasteiger partial charge on any atom is 0.231 e. The van der Waals surface area contributed by atoms with Crippen molar-refractivity contribution < 1.29 is 14.2 Å². The first-order valence-electron chi connectivity index (χ1n) is 4.47. The van der Waals surface area contributed by atoms with E-state index < -0.39 is 0 Å². The number of ether oxygens (including phenoxy) is 3. The van der Waals surface area contributed by atoms with Gasteiger partial charge in [-0.2, -0.15) is 0 Å². The molecule has 0 saturated heterocycles. The Bertz CT molecular complexity index is 338. The van der Waals surface area contributed by atoms with Crippen molar-refractivity contribution in [3.63, 3.8) is 0 Å². The van der Waals surface area contributed by atoms with E-state index in [1.54, 1.807) is 6.07 Å². The average molecular weight is 215 g/mol. The Balaban J connectivity index is 2.23. The number of hydrogen-bond donors (Lipinski definition) is 0. The summed E-state index contributed by atoms with van der Waals surface area (Å²) < 4.78 is 15.7. The second-order valence-electron chi connectivity index (χ2n) is 2.93. The predicted molar refractivity (Wildman–Crippen MR) is 52.9 cm³/mol. The summed E-state index contributed by atoms with van der Waals surface area (Å²) in [6, 6.07) is 3.62. The van der Waals surface area contributed by atoms with E-state index in [1.807, 2.05) is 13.0 Å². The van der Waals surface area contributed by atoms with Crippen LogP contribution in [0.2, 0.25) is 5.02 Å². The van der Waals surface area contributed by atoms with E-state index in [1.165, 1.54) is 0 Å². The van der Waals surface area contributed by atoms with E-state index in [0.717, 1.165) is 11.3 Å². The van der Waals surface area contributed by atoms with Gasteiger partial charge in [0.25, 0.3) is 0 Å². The van der Waals surface area contributed by atoms with E-state index in [0.29, 0.717) is 24.0 Å². The molecule has 2 rings (SSSR count). The molecule has 0 unspecified atom stereocenters. The molecule has 0 bridgehead atoms. The topological polar surface area (TPSA) is 27.7 Å². The Hall–Kier alpha value is -0.930. The van der Waals surface area contributed by atoms with Gasteiger partial charge in [0, 0.05) is 18.2 Å². The maximum atomic E-state index is 6.03. The summed E-state index contributed by atoms with van der Waals surface area (Å²) in [5.41, 5.74) is 0.928. The minimum absolute atomic E-state index is 0.268. The Labute approximate surface area is 87.5 Å². The second-order valence-corrected chi connectivity index (χ2v) is 3.34. The molecule has 4 heteroatoms. The van der Waals surface area contributed by atoms with Gasteiger partial charge < -0.3 is 14.2 Å². The molecular weight excluding hydrogens is 204 g/mol. The summed E-state index contributed by atoms with van der Waals surface area (Å²) in [7, 11) is 0. The van der Waals surface area contributed by atoms with Crippen molar-refractivity contribution in [3.8, 4) is 11.5 Å². The van der Waals surface area contributed by atoms with E-state index in [9.17, 15) is 0 Å². The molecule has 1 aliphatic rings. The van der Waals surface area contributed by atoms with Gasteiger partial charge in [-0.05, 0) is 13.0 Å². The van der Waals surface area contributed by atoms with Crippen LogP contribution in [0.5, 0.6) is 11.5 Å². The largest absolute Gasteiger partial charge is 0.454 e. The lowest BCUT2D eigenvalue weighted by molar-refractivity contribution is 0.134. The zero-order valence-corrected chi connectivity index (χ0v) is 8.63. The third kappa shape index (κ3) is 1.79. The molecule has 1 aromatic carbocycles. The predicted octanol–water partition coefficient (Wildman–Crippen LogP) is 2.61. The molecule has 1 aromatic rings. The third-order valence-electron chi connectivity index (χ3n) is 2.00. The van der Waals surface area contributed by atoms with Crippen LogP contribution in [0.3, 0.4) is 0 Å². The highest BCUT2D eigenvalue weighted by atomic mass is 35.5. The molecule has 0 saturated carbocycles. The van der Waals surface area contributed by atoms with Crippen LogP contribution >= 0.6 is 11.6 Å². The van der Waals surface area contributed by atoms with Crippen molar-refractivity contribution in [1.29, 1.82) is 0 Å². The summed E-state index contributed by atoms with van der Waals surface area (Å²) in [5, 5.41) is 0.655. The SMILES string of the molecule is CCOCc1cc2c(cc1Cl)OCO2.